The maximum absolute atomic E-state index is 12.6. The molecule has 0 amide bonds. The Hall–Kier alpha value is -1.00. The zero-order valence-electron chi connectivity index (χ0n) is 16.0. The molecule has 6 atom stereocenters. The maximum atomic E-state index is 12.6. The predicted octanol–water partition coefficient (Wildman–Crippen LogP) is 0.591. The lowest BCUT2D eigenvalue weighted by atomic mass is 10.00. The summed E-state index contributed by atoms with van der Waals surface area (Å²) < 4.78 is 48.5. The molecule has 3 fully saturated rings. The van der Waals surface area contributed by atoms with Gasteiger partial charge >= 0.3 is 6.18 Å². The highest BCUT2D eigenvalue weighted by molar-refractivity contribution is 4.91. The summed E-state index contributed by atoms with van der Waals surface area (Å²) in [4.78, 5) is 2.03. The predicted molar refractivity (Wildman–Crippen MR) is 94.3 cm³/mol. The van der Waals surface area contributed by atoms with Crippen LogP contribution in [0, 0.1) is 17.2 Å². The van der Waals surface area contributed by atoms with E-state index >= 15 is 0 Å². The number of alkyl halides is 3. The first-order chi connectivity index (χ1) is 13.3. The summed E-state index contributed by atoms with van der Waals surface area (Å²) in [5.74, 6) is -0.0819. The topological polar surface area (TPSA) is 93.6 Å². The second-order valence-corrected chi connectivity index (χ2v) is 7.66. The largest absolute Gasteiger partial charge is 0.411 e. The third-order valence-electron chi connectivity index (χ3n) is 5.24. The van der Waals surface area contributed by atoms with Crippen molar-refractivity contribution >= 4 is 0 Å². The minimum absolute atomic E-state index is 0.0819. The molecule has 3 saturated heterocycles. The molecule has 3 heterocycles. The van der Waals surface area contributed by atoms with Crippen molar-refractivity contribution in [2.24, 2.45) is 5.92 Å². The van der Waals surface area contributed by atoms with Gasteiger partial charge in [0.25, 0.3) is 0 Å². The van der Waals surface area contributed by atoms with Gasteiger partial charge in [-0.2, -0.15) is 18.4 Å². The van der Waals surface area contributed by atoms with Crippen LogP contribution in [0.25, 0.3) is 0 Å². The Bertz CT molecular complexity index is 546. The number of piperidine rings is 1. The molecule has 3 aliphatic heterocycles. The van der Waals surface area contributed by atoms with Crippen LogP contribution in [-0.2, 0) is 9.47 Å². The summed E-state index contributed by atoms with van der Waals surface area (Å²) in [6.07, 6.45) is -2.27. The van der Waals surface area contributed by atoms with Crippen molar-refractivity contribution in [3.05, 3.63) is 0 Å². The van der Waals surface area contributed by atoms with Crippen molar-refractivity contribution in [2.75, 3.05) is 26.2 Å². The standard InChI is InChI=1S/C17H29F3N6O2/c1-11-4-5-13(28-11)8-22-14-23-15(26-6-2-3-12(7-21)9-26)25-16(24-14)27-10-17(18,19)20/h11-16,22-25H,2-6,8-10H2,1H3. The second kappa shape index (κ2) is 9.67. The summed E-state index contributed by atoms with van der Waals surface area (Å²) in [6, 6.07) is 2.28. The van der Waals surface area contributed by atoms with E-state index in [9.17, 15) is 18.4 Å². The number of halogens is 3. The van der Waals surface area contributed by atoms with Gasteiger partial charge in [0.1, 0.15) is 19.2 Å². The van der Waals surface area contributed by atoms with Crippen molar-refractivity contribution in [3.8, 4) is 6.07 Å². The van der Waals surface area contributed by atoms with Crippen LogP contribution >= 0.6 is 0 Å². The molecule has 0 saturated carbocycles. The molecule has 0 radical (unpaired) electrons. The van der Waals surface area contributed by atoms with Gasteiger partial charge in [0.2, 0.25) is 0 Å². The zero-order valence-corrected chi connectivity index (χ0v) is 16.0. The molecule has 0 aliphatic carbocycles. The summed E-state index contributed by atoms with van der Waals surface area (Å²) in [7, 11) is 0. The number of hydrogen-bond acceptors (Lipinski definition) is 8. The third-order valence-corrected chi connectivity index (χ3v) is 5.24. The fourth-order valence-corrected chi connectivity index (χ4v) is 3.83. The number of nitriles is 1. The van der Waals surface area contributed by atoms with Crippen LogP contribution in [0.3, 0.4) is 0 Å². The monoisotopic (exact) mass is 406 g/mol. The minimum atomic E-state index is -4.41. The van der Waals surface area contributed by atoms with Crippen LogP contribution in [0.1, 0.15) is 32.6 Å². The smallest absolute Gasteiger partial charge is 0.374 e. The number of nitrogens with zero attached hydrogens (tertiary/aromatic N) is 2. The van der Waals surface area contributed by atoms with Crippen LogP contribution in [0.15, 0.2) is 0 Å². The number of hydrogen-bond donors (Lipinski definition) is 4. The summed E-state index contributed by atoms with van der Waals surface area (Å²) in [5.41, 5.74) is 0. The van der Waals surface area contributed by atoms with Gasteiger partial charge in [-0.25, -0.2) is 0 Å². The Morgan fingerprint density at radius 3 is 2.75 bits per heavy atom. The molecule has 28 heavy (non-hydrogen) atoms. The van der Waals surface area contributed by atoms with Crippen LogP contribution in [0.4, 0.5) is 13.2 Å². The quantitative estimate of drug-likeness (QED) is 0.509. The van der Waals surface area contributed by atoms with Crippen molar-refractivity contribution in [2.45, 2.75) is 69.9 Å². The highest BCUT2D eigenvalue weighted by Crippen LogP contribution is 2.20. The zero-order chi connectivity index (χ0) is 20.1. The highest BCUT2D eigenvalue weighted by Gasteiger charge is 2.36. The van der Waals surface area contributed by atoms with E-state index in [0.29, 0.717) is 13.1 Å². The van der Waals surface area contributed by atoms with Gasteiger partial charge in [-0.05, 0) is 32.6 Å². The van der Waals surface area contributed by atoms with Gasteiger partial charge < -0.3 is 9.47 Å². The van der Waals surface area contributed by atoms with Crippen molar-refractivity contribution in [3.63, 3.8) is 0 Å². The minimum Gasteiger partial charge on any atom is -0.374 e. The molecule has 4 N–H and O–H groups in total. The van der Waals surface area contributed by atoms with E-state index < -0.39 is 31.7 Å². The average Bonchev–Trinajstić information content (AvgIpc) is 3.09. The number of rotatable bonds is 6. The Morgan fingerprint density at radius 2 is 2.07 bits per heavy atom. The van der Waals surface area contributed by atoms with Crippen LogP contribution in [-0.4, -0.2) is 68.5 Å². The molecular formula is C17H29F3N6O2. The molecule has 8 nitrogen and oxygen atoms in total. The second-order valence-electron chi connectivity index (χ2n) is 7.66. The van der Waals surface area contributed by atoms with E-state index in [-0.39, 0.29) is 18.1 Å². The molecule has 0 bridgehead atoms. The third kappa shape index (κ3) is 6.52. The fourth-order valence-electron chi connectivity index (χ4n) is 3.83. The maximum Gasteiger partial charge on any atom is 0.411 e. The van der Waals surface area contributed by atoms with Crippen molar-refractivity contribution < 1.29 is 22.6 Å². The van der Waals surface area contributed by atoms with Crippen LogP contribution < -0.4 is 21.3 Å². The van der Waals surface area contributed by atoms with E-state index in [0.717, 1.165) is 32.2 Å². The Labute approximate surface area is 163 Å². The van der Waals surface area contributed by atoms with Crippen LogP contribution in [0.5, 0.6) is 0 Å². The van der Waals surface area contributed by atoms with E-state index in [1.54, 1.807) is 0 Å². The lowest BCUT2D eigenvalue weighted by Gasteiger charge is -2.45. The molecule has 0 aromatic heterocycles. The van der Waals surface area contributed by atoms with Gasteiger partial charge in [0.15, 0.2) is 6.35 Å². The SMILES string of the molecule is CC1CCC(CNC2NC(OCC(F)(F)F)NC(N3CCCC(C#N)C3)N2)O1. The average molecular weight is 406 g/mol. The Balaban J connectivity index is 1.57. The Morgan fingerprint density at radius 1 is 1.25 bits per heavy atom. The van der Waals surface area contributed by atoms with E-state index in [1.165, 1.54) is 0 Å². The Kier molecular flexibility index (Phi) is 7.49. The van der Waals surface area contributed by atoms with Gasteiger partial charge in [-0.15, -0.1) is 0 Å². The van der Waals surface area contributed by atoms with Gasteiger partial charge in [0, 0.05) is 19.6 Å². The molecule has 3 rings (SSSR count). The lowest BCUT2D eigenvalue weighted by molar-refractivity contribution is -0.202. The summed E-state index contributed by atoms with van der Waals surface area (Å²) in [5, 5.41) is 21.7. The molecule has 0 aromatic rings. The highest BCUT2D eigenvalue weighted by atomic mass is 19.4. The molecule has 160 valence electrons. The van der Waals surface area contributed by atoms with Gasteiger partial charge in [-0.3, -0.25) is 26.2 Å². The fraction of sp³-hybridized carbons (Fsp3) is 0.941. The lowest BCUT2D eigenvalue weighted by Crippen LogP contribution is -2.76. The molecule has 0 aromatic carbocycles. The van der Waals surface area contributed by atoms with Gasteiger partial charge in [0.05, 0.1) is 24.2 Å². The molecule has 0 spiro atoms. The van der Waals surface area contributed by atoms with Crippen molar-refractivity contribution in [1.82, 2.24) is 26.2 Å². The van der Waals surface area contributed by atoms with Crippen LogP contribution in [0.2, 0.25) is 0 Å². The van der Waals surface area contributed by atoms with E-state index in [4.69, 9.17) is 9.47 Å². The van der Waals surface area contributed by atoms with Gasteiger partial charge in [-0.1, -0.05) is 0 Å². The molecular weight excluding hydrogens is 377 g/mol. The summed E-state index contributed by atoms with van der Waals surface area (Å²) >= 11 is 0. The first kappa shape index (κ1) is 21.7. The molecule has 3 aliphatic rings. The first-order valence-electron chi connectivity index (χ1n) is 9.81. The summed E-state index contributed by atoms with van der Waals surface area (Å²) in [6.45, 7) is 2.57. The first-order valence-corrected chi connectivity index (χ1v) is 9.81. The number of ether oxygens (including phenoxy) is 2. The number of likely N-dealkylation sites (tertiary alicyclic amines) is 1. The van der Waals surface area contributed by atoms with E-state index in [2.05, 4.69) is 27.3 Å². The molecule has 11 heteroatoms. The normalized spacial score (nSPS) is 37.7. The molecule has 6 unspecified atom stereocenters. The van der Waals surface area contributed by atoms with Crippen molar-refractivity contribution in [1.29, 1.82) is 5.26 Å². The number of nitrogens with one attached hydrogen (secondary N) is 4. The van der Waals surface area contributed by atoms with E-state index in [1.807, 2.05) is 11.8 Å².